The average Bonchev–Trinajstić information content (AvgIpc) is 2.22. The number of hydrogen-bond acceptors (Lipinski definition) is 1. The molecule has 1 heteroatoms. The molecule has 1 nitrogen and oxygen atoms in total. The summed E-state index contributed by atoms with van der Waals surface area (Å²) in [6.45, 7) is 10.8. The molecule has 0 rings (SSSR count). The second-order valence-corrected chi connectivity index (χ2v) is 3.80. The van der Waals surface area contributed by atoms with Gasteiger partial charge in [0.15, 0.2) is 0 Å². The minimum Gasteiger partial charge on any atom is -0.374 e. The van der Waals surface area contributed by atoms with Crippen LogP contribution in [0, 0.1) is 6.58 Å². The summed E-state index contributed by atoms with van der Waals surface area (Å²) in [5.41, 5.74) is 0. The minimum absolute atomic E-state index is 0.179. The van der Waals surface area contributed by atoms with Crippen LogP contribution in [-0.2, 0) is 4.74 Å². The van der Waals surface area contributed by atoms with Gasteiger partial charge in [0.25, 0.3) is 0 Å². The fourth-order valence-electron chi connectivity index (χ4n) is 1.42. The van der Waals surface area contributed by atoms with Crippen molar-refractivity contribution in [3.05, 3.63) is 12.7 Å². The van der Waals surface area contributed by atoms with E-state index >= 15 is 0 Å². The van der Waals surface area contributed by atoms with Crippen LogP contribution in [-0.4, -0.2) is 12.7 Å². The first-order chi connectivity index (χ1) is 6.85. The standard InChI is InChI=1S/C13H25O/c1-4-7-9-11-13(6-3)14-12-10-8-5-2/h3,6,13H,4-5,7-12H2,1-2H3. The molecule has 0 heterocycles. The predicted octanol–water partition coefficient (Wildman–Crippen LogP) is 4.13. The van der Waals surface area contributed by atoms with Gasteiger partial charge in [-0.3, -0.25) is 0 Å². The Hall–Kier alpha value is -0.300. The molecule has 0 saturated carbocycles. The van der Waals surface area contributed by atoms with Crippen LogP contribution in [0.1, 0.15) is 58.8 Å². The van der Waals surface area contributed by atoms with Crippen LogP contribution < -0.4 is 0 Å². The summed E-state index contributed by atoms with van der Waals surface area (Å²) in [6.07, 6.45) is 10.4. The van der Waals surface area contributed by atoms with Gasteiger partial charge in [0.1, 0.15) is 0 Å². The van der Waals surface area contributed by atoms with E-state index < -0.39 is 0 Å². The van der Waals surface area contributed by atoms with Gasteiger partial charge in [-0.05, 0) is 12.8 Å². The second-order valence-electron chi connectivity index (χ2n) is 3.80. The van der Waals surface area contributed by atoms with Gasteiger partial charge in [-0.1, -0.05) is 58.6 Å². The third-order valence-electron chi connectivity index (χ3n) is 2.39. The lowest BCUT2D eigenvalue weighted by molar-refractivity contribution is 0.0748. The Morgan fingerprint density at radius 3 is 2.29 bits per heavy atom. The first-order valence-electron chi connectivity index (χ1n) is 6.01. The molecule has 0 spiro atoms. The highest BCUT2D eigenvalue weighted by Crippen LogP contribution is 2.08. The molecule has 0 aliphatic rings. The Morgan fingerprint density at radius 1 is 1.07 bits per heavy atom. The lowest BCUT2D eigenvalue weighted by atomic mass is 10.1. The maximum Gasteiger partial charge on any atom is 0.0758 e. The summed E-state index contributed by atoms with van der Waals surface area (Å²) in [5.74, 6) is 0. The van der Waals surface area contributed by atoms with Crippen molar-refractivity contribution in [2.24, 2.45) is 0 Å². The molecular formula is C13H25O. The van der Waals surface area contributed by atoms with Crippen LogP contribution in [0.2, 0.25) is 0 Å². The highest BCUT2D eigenvalue weighted by atomic mass is 16.5. The van der Waals surface area contributed by atoms with E-state index in [-0.39, 0.29) is 6.10 Å². The molecular weight excluding hydrogens is 172 g/mol. The lowest BCUT2D eigenvalue weighted by Gasteiger charge is -2.13. The van der Waals surface area contributed by atoms with Crippen LogP contribution >= 0.6 is 0 Å². The van der Waals surface area contributed by atoms with Gasteiger partial charge in [-0.25, -0.2) is 0 Å². The van der Waals surface area contributed by atoms with Gasteiger partial charge in [0.2, 0.25) is 0 Å². The molecule has 0 fully saturated rings. The van der Waals surface area contributed by atoms with Crippen LogP contribution in [0.25, 0.3) is 0 Å². The lowest BCUT2D eigenvalue weighted by Crippen LogP contribution is -2.10. The van der Waals surface area contributed by atoms with Crippen molar-refractivity contribution >= 4 is 0 Å². The quantitative estimate of drug-likeness (QED) is 0.478. The van der Waals surface area contributed by atoms with E-state index in [0.29, 0.717) is 0 Å². The molecule has 0 aliphatic carbocycles. The number of hydrogen-bond donors (Lipinski definition) is 0. The molecule has 14 heavy (non-hydrogen) atoms. The van der Waals surface area contributed by atoms with Crippen LogP contribution in [0.15, 0.2) is 6.08 Å². The van der Waals surface area contributed by atoms with Gasteiger partial charge in [0.05, 0.1) is 6.10 Å². The molecule has 0 saturated heterocycles. The third kappa shape index (κ3) is 8.31. The predicted molar refractivity (Wildman–Crippen MR) is 62.3 cm³/mol. The van der Waals surface area contributed by atoms with E-state index in [1.165, 1.54) is 32.1 Å². The molecule has 0 aromatic heterocycles. The maximum absolute atomic E-state index is 5.66. The summed E-state index contributed by atoms with van der Waals surface area (Å²) in [7, 11) is 0. The second kappa shape index (κ2) is 10.8. The van der Waals surface area contributed by atoms with E-state index in [1.54, 1.807) is 6.08 Å². The zero-order chi connectivity index (χ0) is 10.6. The molecule has 0 aromatic carbocycles. The van der Waals surface area contributed by atoms with Crippen molar-refractivity contribution in [2.75, 3.05) is 6.61 Å². The molecule has 0 bridgehead atoms. The highest BCUT2D eigenvalue weighted by molar-refractivity contribution is 4.76. The van der Waals surface area contributed by atoms with E-state index in [2.05, 4.69) is 13.8 Å². The Labute approximate surface area is 89.5 Å². The van der Waals surface area contributed by atoms with Crippen LogP contribution in [0.4, 0.5) is 0 Å². The van der Waals surface area contributed by atoms with Crippen LogP contribution in [0.3, 0.4) is 0 Å². The van der Waals surface area contributed by atoms with Crippen molar-refractivity contribution in [1.29, 1.82) is 0 Å². The van der Waals surface area contributed by atoms with Gasteiger partial charge in [-0.2, -0.15) is 0 Å². The van der Waals surface area contributed by atoms with Gasteiger partial charge in [-0.15, -0.1) is 0 Å². The molecule has 1 atom stereocenters. The zero-order valence-electron chi connectivity index (χ0n) is 9.80. The van der Waals surface area contributed by atoms with Gasteiger partial charge < -0.3 is 4.74 Å². The Morgan fingerprint density at radius 2 is 1.71 bits per heavy atom. The first-order valence-corrected chi connectivity index (χ1v) is 6.01. The number of rotatable bonds is 10. The van der Waals surface area contributed by atoms with Gasteiger partial charge in [0, 0.05) is 6.61 Å². The SMILES string of the molecule is [CH]=CC(CCCCC)OCCCCC. The zero-order valence-corrected chi connectivity index (χ0v) is 9.80. The van der Waals surface area contributed by atoms with Crippen molar-refractivity contribution in [2.45, 2.75) is 64.9 Å². The monoisotopic (exact) mass is 197 g/mol. The molecule has 0 N–H and O–H groups in total. The maximum atomic E-state index is 5.66. The van der Waals surface area contributed by atoms with E-state index in [9.17, 15) is 0 Å². The average molecular weight is 197 g/mol. The van der Waals surface area contributed by atoms with E-state index in [4.69, 9.17) is 11.3 Å². The smallest absolute Gasteiger partial charge is 0.0758 e. The summed E-state index contributed by atoms with van der Waals surface area (Å²) < 4.78 is 5.66. The Balaban J connectivity index is 3.33. The fourth-order valence-corrected chi connectivity index (χ4v) is 1.42. The normalized spacial score (nSPS) is 12.7. The fraction of sp³-hybridized carbons (Fsp3) is 0.846. The minimum atomic E-state index is 0.179. The molecule has 0 aliphatic heterocycles. The first kappa shape index (κ1) is 13.7. The number of ether oxygens (including phenoxy) is 1. The number of unbranched alkanes of at least 4 members (excludes halogenated alkanes) is 4. The largest absolute Gasteiger partial charge is 0.374 e. The van der Waals surface area contributed by atoms with E-state index in [0.717, 1.165) is 19.4 Å². The topological polar surface area (TPSA) is 9.23 Å². The third-order valence-corrected chi connectivity index (χ3v) is 2.39. The summed E-state index contributed by atoms with van der Waals surface area (Å²) >= 11 is 0. The molecule has 83 valence electrons. The van der Waals surface area contributed by atoms with Crippen molar-refractivity contribution in [3.8, 4) is 0 Å². The summed E-state index contributed by atoms with van der Waals surface area (Å²) in [6, 6.07) is 0. The molecule has 1 unspecified atom stereocenters. The van der Waals surface area contributed by atoms with Crippen LogP contribution in [0.5, 0.6) is 0 Å². The molecule has 1 radical (unpaired) electrons. The van der Waals surface area contributed by atoms with Gasteiger partial charge >= 0.3 is 0 Å². The highest BCUT2D eigenvalue weighted by Gasteiger charge is 2.02. The summed E-state index contributed by atoms with van der Waals surface area (Å²) in [4.78, 5) is 0. The van der Waals surface area contributed by atoms with Crippen molar-refractivity contribution in [3.63, 3.8) is 0 Å². The Kier molecular flexibility index (Phi) is 10.5. The van der Waals surface area contributed by atoms with E-state index in [1.807, 2.05) is 0 Å². The van der Waals surface area contributed by atoms with Crippen molar-refractivity contribution < 1.29 is 4.74 Å². The molecule has 0 aromatic rings. The van der Waals surface area contributed by atoms with Crippen molar-refractivity contribution in [1.82, 2.24) is 0 Å². The Bertz CT molecular complexity index is 120. The molecule has 0 amide bonds. The summed E-state index contributed by atoms with van der Waals surface area (Å²) in [5, 5.41) is 0.